The number of aromatic nitrogens is 2. The van der Waals surface area contributed by atoms with Gasteiger partial charge in [0.1, 0.15) is 10.8 Å². The van der Waals surface area contributed by atoms with Crippen LogP contribution in [-0.4, -0.2) is 9.38 Å². The number of imidazole rings is 1. The second kappa shape index (κ2) is 5.27. The Morgan fingerprint density at radius 1 is 1.16 bits per heavy atom. The average molecular weight is 289 g/mol. The van der Waals surface area contributed by atoms with Crippen molar-refractivity contribution in [2.45, 2.75) is 17.6 Å². The van der Waals surface area contributed by atoms with E-state index < -0.39 is 0 Å². The minimum absolute atomic E-state index is 0.704. The maximum absolute atomic E-state index is 6.34. The molecule has 0 radical (unpaired) electrons. The third-order valence-electron chi connectivity index (χ3n) is 2.93. The highest BCUT2D eigenvalue weighted by Crippen LogP contribution is 2.27. The van der Waals surface area contributed by atoms with Crippen molar-refractivity contribution < 1.29 is 0 Å². The highest BCUT2D eigenvalue weighted by Gasteiger charge is 2.09. The Labute approximate surface area is 121 Å². The van der Waals surface area contributed by atoms with E-state index in [-0.39, 0.29) is 0 Å². The fourth-order valence-electron chi connectivity index (χ4n) is 1.89. The Morgan fingerprint density at radius 3 is 2.68 bits per heavy atom. The van der Waals surface area contributed by atoms with Crippen molar-refractivity contribution in [2.24, 2.45) is 0 Å². The molecule has 96 valence electrons. The molecule has 2 nitrogen and oxygen atoms in total. The summed E-state index contributed by atoms with van der Waals surface area (Å²) < 4.78 is 1.91. The van der Waals surface area contributed by atoms with E-state index in [1.807, 2.05) is 28.8 Å². The van der Waals surface area contributed by atoms with Crippen molar-refractivity contribution in [1.82, 2.24) is 9.38 Å². The zero-order valence-electron chi connectivity index (χ0n) is 10.5. The molecule has 0 spiro atoms. The van der Waals surface area contributed by atoms with E-state index in [1.165, 1.54) is 10.5 Å². The molecule has 0 saturated heterocycles. The van der Waals surface area contributed by atoms with Gasteiger partial charge in [0, 0.05) is 16.8 Å². The molecule has 19 heavy (non-hydrogen) atoms. The summed E-state index contributed by atoms with van der Waals surface area (Å²) in [5.41, 5.74) is 3.10. The molecule has 0 aliphatic heterocycles. The van der Waals surface area contributed by atoms with Gasteiger partial charge in [0.05, 0.1) is 5.69 Å². The van der Waals surface area contributed by atoms with E-state index in [2.05, 4.69) is 36.2 Å². The predicted octanol–water partition coefficient (Wildman–Crippen LogP) is 4.59. The van der Waals surface area contributed by atoms with Gasteiger partial charge in [0.15, 0.2) is 0 Å². The number of pyridine rings is 1. The van der Waals surface area contributed by atoms with E-state index in [9.17, 15) is 0 Å². The molecule has 0 atom stereocenters. The van der Waals surface area contributed by atoms with Gasteiger partial charge in [-0.05, 0) is 31.2 Å². The van der Waals surface area contributed by atoms with Crippen LogP contribution in [0, 0.1) is 6.92 Å². The largest absolute Gasteiger partial charge is 0.290 e. The van der Waals surface area contributed by atoms with Crippen LogP contribution in [0.4, 0.5) is 0 Å². The first-order valence-electron chi connectivity index (χ1n) is 6.05. The van der Waals surface area contributed by atoms with Gasteiger partial charge in [0.25, 0.3) is 0 Å². The third-order valence-corrected chi connectivity index (χ3v) is 4.36. The Morgan fingerprint density at radius 2 is 1.95 bits per heavy atom. The van der Waals surface area contributed by atoms with E-state index in [4.69, 9.17) is 11.6 Å². The lowest BCUT2D eigenvalue weighted by molar-refractivity contribution is 1.18. The molecule has 0 amide bonds. The molecular weight excluding hydrogens is 276 g/mol. The summed E-state index contributed by atoms with van der Waals surface area (Å²) in [6.07, 6.45) is 1.94. The van der Waals surface area contributed by atoms with Crippen molar-refractivity contribution in [1.29, 1.82) is 0 Å². The minimum Gasteiger partial charge on any atom is -0.290 e. The molecule has 0 saturated carbocycles. The zero-order valence-corrected chi connectivity index (χ0v) is 12.1. The monoisotopic (exact) mass is 288 g/mol. The summed E-state index contributed by atoms with van der Waals surface area (Å²) in [4.78, 5) is 5.79. The fraction of sp³-hybridized carbons (Fsp3) is 0.133. The van der Waals surface area contributed by atoms with Gasteiger partial charge in [-0.2, -0.15) is 0 Å². The summed E-state index contributed by atoms with van der Waals surface area (Å²) >= 11 is 8.09. The maximum atomic E-state index is 6.34. The number of benzene rings is 1. The minimum atomic E-state index is 0.704. The van der Waals surface area contributed by atoms with Gasteiger partial charge in [-0.3, -0.25) is 4.40 Å². The van der Waals surface area contributed by atoms with Crippen LogP contribution in [0.3, 0.4) is 0 Å². The van der Waals surface area contributed by atoms with E-state index in [1.54, 1.807) is 11.8 Å². The Bertz CT molecular complexity index is 704. The van der Waals surface area contributed by atoms with E-state index in [0.717, 1.165) is 17.1 Å². The van der Waals surface area contributed by atoms with Crippen LogP contribution in [0.15, 0.2) is 53.6 Å². The Hall–Kier alpha value is -1.45. The number of aryl methyl sites for hydroxylation is 1. The zero-order chi connectivity index (χ0) is 13.2. The summed E-state index contributed by atoms with van der Waals surface area (Å²) in [5.74, 6) is 0.781. The molecule has 0 fully saturated rings. The number of nitrogens with zero attached hydrogens (tertiary/aromatic N) is 2. The molecule has 0 bridgehead atoms. The number of hydrogen-bond donors (Lipinski definition) is 0. The van der Waals surface area contributed by atoms with Crippen molar-refractivity contribution in [2.75, 3.05) is 0 Å². The third kappa shape index (κ3) is 2.62. The van der Waals surface area contributed by atoms with Crippen molar-refractivity contribution in [3.63, 3.8) is 0 Å². The molecule has 0 aliphatic carbocycles. The molecule has 3 rings (SSSR count). The summed E-state index contributed by atoms with van der Waals surface area (Å²) in [6.45, 7) is 2.09. The first-order valence-corrected chi connectivity index (χ1v) is 7.41. The first kappa shape index (κ1) is 12.6. The molecule has 2 heterocycles. The lowest BCUT2D eigenvalue weighted by Crippen LogP contribution is -1.83. The normalized spacial score (nSPS) is 11.1. The molecule has 2 aromatic heterocycles. The molecule has 0 N–H and O–H groups in total. The van der Waals surface area contributed by atoms with Crippen LogP contribution in [0.2, 0.25) is 5.15 Å². The van der Waals surface area contributed by atoms with Gasteiger partial charge in [0.2, 0.25) is 0 Å². The summed E-state index contributed by atoms with van der Waals surface area (Å²) in [7, 11) is 0. The highest BCUT2D eigenvalue weighted by atomic mass is 35.5. The standard InChI is InChI=1S/C15H13ClN2S/c1-11-5-7-12(8-6-11)19-10-13-15(16)18-9-3-2-4-14(18)17-13/h2-9H,10H2,1H3. The topological polar surface area (TPSA) is 17.3 Å². The van der Waals surface area contributed by atoms with Gasteiger partial charge in [-0.15, -0.1) is 11.8 Å². The average Bonchev–Trinajstić information content (AvgIpc) is 2.76. The molecule has 1 aromatic carbocycles. The van der Waals surface area contributed by atoms with Crippen LogP contribution < -0.4 is 0 Å². The van der Waals surface area contributed by atoms with E-state index >= 15 is 0 Å². The van der Waals surface area contributed by atoms with Crippen LogP contribution in [-0.2, 0) is 5.75 Å². The summed E-state index contributed by atoms with van der Waals surface area (Å²) in [5, 5.41) is 0.704. The second-order valence-electron chi connectivity index (χ2n) is 4.38. The molecule has 0 unspecified atom stereocenters. The van der Waals surface area contributed by atoms with Crippen molar-refractivity contribution >= 4 is 29.0 Å². The maximum Gasteiger partial charge on any atom is 0.138 e. The van der Waals surface area contributed by atoms with Gasteiger partial charge < -0.3 is 0 Å². The number of thioether (sulfide) groups is 1. The van der Waals surface area contributed by atoms with Crippen LogP contribution in [0.5, 0.6) is 0 Å². The SMILES string of the molecule is Cc1ccc(SCc2nc3ccccn3c2Cl)cc1. The second-order valence-corrected chi connectivity index (χ2v) is 5.79. The Balaban J connectivity index is 1.82. The lowest BCUT2D eigenvalue weighted by Gasteiger charge is -2.00. The molecule has 0 aliphatic rings. The Kier molecular flexibility index (Phi) is 3.49. The predicted molar refractivity (Wildman–Crippen MR) is 80.9 cm³/mol. The summed E-state index contributed by atoms with van der Waals surface area (Å²) in [6, 6.07) is 14.4. The number of halogens is 1. The number of fused-ring (bicyclic) bond motifs is 1. The van der Waals surface area contributed by atoms with Gasteiger partial charge >= 0.3 is 0 Å². The fourth-order valence-corrected chi connectivity index (χ4v) is 3.06. The lowest BCUT2D eigenvalue weighted by atomic mass is 10.2. The van der Waals surface area contributed by atoms with Crippen LogP contribution in [0.1, 0.15) is 11.3 Å². The number of hydrogen-bond acceptors (Lipinski definition) is 2. The van der Waals surface area contributed by atoms with E-state index in [0.29, 0.717) is 5.15 Å². The number of rotatable bonds is 3. The highest BCUT2D eigenvalue weighted by molar-refractivity contribution is 7.98. The van der Waals surface area contributed by atoms with Crippen molar-refractivity contribution in [3.05, 3.63) is 65.1 Å². The van der Waals surface area contributed by atoms with Crippen LogP contribution >= 0.6 is 23.4 Å². The van der Waals surface area contributed by atoms with Crippen molar-refractivity contribution in [3.8, 4) is 0 Å². The van der Waals surface area contributed by atoms with Gasteiger partial charge in [-0.25, -0.2) is 4.98 Å². The smallest absolute Gasteiger partial charge is 0.138 e. The molecular formula is C15H13ClN2S. The van der Waals surface area contributed by atoms with Crippen LogP contribution in [0.25, 0.3) is 5.65 Å². The molecule has 4 heteroatoms. The van der Waals surface area contributed by atoms with Gasteiger partial charge in [-0.1, -0.05) is 35.4 Å². The molecule has 3 aromatic rings. The first-order chi connectivity index (χ1) is 9.24. The quantitative estimate of drug-likeness (QED) is 0.656.